The summed E-state index contributed by atoms with van der Waals surface area (Å²) in [6.07, 6.45) is 0.451. The van der Waals surface area contributed by atoms with Gasteiger partial charge in [0, 0.05) is 30.2 Å². The van der Waals surface area contributed by atoms with Crippen molar-refractivity contribution in [1.29, 1.82) is 0 Å². The summed E-state index contributed by atoms with van der Waals surface area (Å²) in [5.41, 5.74) is 0. The Kier molecular flexibility index (Phi) is 7.80. The van der Waals surface area contributed by atoms with E-state index in [9.17, 15) is 9.59 Å². The first-order chi connectivity index (χ1) is 9.67. The highest BCUT2D eigenvalue weighted by Gasteiger charge is 2.14. The number of hydrogen-bond donors (Lipinski definition) is 1. The number of thioether (sulfide) groups is 1. The van der Waals surface area contributed by atoms with Gasteiger partial charge < -0.3 is 10.2 Å². The van der Waals surface area contributed by atoms with Crippen molar-refractivity contribution in [2.75, 3.05) is 25.4 Å². The van der Waals surface area contributed by atoms with Crippen LogP contribution < -0.4 is 5.32 Å². The molecule has 5 heteroatoms. The molecule has 0 unspecified atom stereocenters. The van der Waals surface area contributed by atoms with Gasteiger partial charge in [0.15, 0.2) is 0 Å². The van der Waals surface area contributed by atoms with Crippen molar-refractivity contribution in [3.63, 3.8) is 0 Å². The molecule has 0 atom stereocenters. The van der Waals surface area contributed by atoms with E-state index in [-0.39, 0.29) is 18.4 Å². The van der Waals surface area contributed by atoms with Gasteiger partial charge in [-0.1, -0.05) is 18.2 Å². The maximum atomic E-state index is 12.0. The van der Waals surface area contributed by atoms with Crippen LogP contribution in [0.25, 0.3) is 0 Å². The minimum atomic E-state index is -0.0987. The van der Waals surface area contributed by atoms with Gasteiger partial charge in [-0.3, -0.25) is 9.59 Å². The van der Waals surface area contributed by atoms with E-state index in [0.29, 0.717) is 19.5 Å². The van der Waals surface area contributed by atoms with Gasteiger partial charge in [0.05, 0.1) is 6.54 Å². The van der Waals surface area contributed by atoms with Crippen molar-refractivity contribution in [2.45, 2.75) is 25.2 Å². The van der Waals surface area contributed by atoms with Crippen LogP contribution in [-0.4, -0.2) is 42.1 Å². The second-order valence-corrected chi connectivity index (χ2v) is 5.44. The zero-order valence-electron chi connectivity index (χ0n) is 12.1. The summed E-state index contributed by atoms with van der Waals surface area (Å²) in [6.45, 7) is 5.06. The van der Waals surface area contributed by atoms with Gasteiger partial charge >= 0.3 is 0 Å². The number of benzene rings is 1. The number of likely N-dealkylation sites (N-methyl/N-ethyl adjacent to an activating group) is 2. The average Bonchev–Trinajstić information content (AvgIpc) is 2.46. The minimum absolute atomic E-state index is 0.0298. The number of carbonyl (C=O) groups is 2. The molecule has 1 aromatic rings. The number of amides is 2. The molecule has 0 radical (unpaired) electrons. The first-order valence-corrected chi connectivity index (χ1v) is 7.88. The summed E-state index contributed by atoms with van der Waals surface area (Å²) >= 11 is 1.66. The van der Waals surface area contributed by atoms with Crippen molar-refractivity contribution in [3.05, 3.63) is 30.3 Å². The first-order valence-electron chi connectivity index (χ1n) is 6.89. The molecule has 0 saturated carbocycles. The Morgan fingerprint density at radius 3 is 2.50 bits per heavy atom. The van der Waals surface area contributed by atoms with Crippen LogP contribution in [0.4, 0.5) is 0 Å². The normalized spacial score (nSPS) is 10.1. The Labute approximate surface area is 124 Å². The molecule has 0 saturated heterocycles. The smallest absolute Gasteiger partial charge is 0.239 e. The molecule has 0 fully saturated rings. The number of nitrogens with zero attached hydrogens (tertiary/aromatic N) is 1. The highest BCUT2D eigenvalue weighted by molar-refractivity contribution is 7.99. The van der Waals surface area contributed by atoms with Crippen LogP contribution in [0.3, 0.4) is 0 Å². The van der Waals surface area contributed by atoms with E-state index in [2.05, 4.69) is 5.32 Å². The number of nitrogens with one attached hydrogen (secondary N) is 1. The topological polar surface area (TPSA) is 49.4 Å². The quantitative estimate of drug-likeness (QED) is 0.747. The monoisotopic (exact) mass is 294 g/mol. The van der Waals surface area contributed by atoms with Crippen molar-refractivity contribution in [3.8, 4) is 0 Å². The lowest BCUT2D eigenvalue weighted by atomic mass is 10.3. The van der Waals surface area contributed by atoms with Crippen LogP contribution in [0.2, 0.25) is 0 Å². The van der Waals surface area contributed by atoms with Gasteiger partial charge in [0.1, 0.15) is 0 Å². The van der Waals surface area contributed by atoms with Crippen molar-refractivity contribution >= 4 is 23.6 Å². The third-order valence-electron chi connectivity index (χ3n) is 2.77. The first kappa shape index (κ1) is 16.6. The van der Waals surface area contributed by atoms with Crippen LogP contribution in [0, 0.1) is 0 Å². The van der Waals surface area contributed by atoms with Crippen molar-refractivity contribution < 1.29 is 9.59 Å². The zero-order chi connectivity index (χ0) is 14.8. The predicted octanol–water partition coefficient (Wildman–Crippen LogP) is 2.15. The molecule has 2 amide bonds. The fourth-order valence-corrected chi connectivity index (χ4v) is 2.60. The SMILES string of the molecule is CCNC(=O)CN(CC)C(=O)CCSc1ccccc1. The molecule has 0 aliphatic rings. The Morgan fingerprint density at radius 2 is 1.90 bits per heavy atom. The molecule has 1 N–H and O–H groups in total. The van der Waals surface area contributed by atoms with Crippen LogP contribution in [0.5, 0.6) is 0 Å². The molecule has 0 spiro atoms. The minimum Gasteiger partial charge on any atom is -0.355 e. The van der Waals surface area contributed by atoms with Gasteiger partial charge in [-0.05, 0) is 26.0 Å². The van der Waals surface area contributed by atoms with E-state index < -0.39 is 0 Å². The third-order valence-corrected chi connectivity index (χ3v) is 3.78. The molecule has 1 rings (SSSR count). The molecule has 0 heterocycles. The van der Waals surface area contributed by atoms with Gasteiger partial charge in [0.25, 0.3) is 0 Å². The lowest BCUT2D eigenvalue weighted by Gasteiger charge is -2.20. The molecule has 4 nitrogen and oxygen atoms in total. The summed E-state index contributed by atoms with van der Waals surface area (Å²) in [5.74, 6) is 0.662. The van der Waals surface area contributed by atoms with E-state index in [0.717, 1.165) is 10.6 Å². The fraction of sp³-hybridized carbons (Fsp3) is 0.467. The van der Waals surface area contributed by atoms with Crippen molar-refractivity contribution in [2.24, 2.45) is 0 Å². The van der Waals surface area contributed by atoms with Crippen LogP contribution in [0.1, 0.15) is 20.3 Å². The Balaban J connectivity index is 2.34. The Bertz CT molecular complexity index is 423. The highest BCUT2D eigenvalue weighted by Crippen LogP contribution is 2.18. The average molecular weight is 294 g/mol. The number of rotatable bonds is 8. The summed E-state index contributed by atoms with van der Waals surface area (Å²) in [5, 5.41) is 2.71. The summed E-state index contributed by atoms with van der Waals surface area (Å²) in [7, 11) is 0. The molecule has 0 aromatic heterocycles. The number of hydrogen-bond acceptors (Lipinski definition) is 3. The largest absolute Gasteiger partial charge is 0.355 e. The third kappa shape index (κ3) is 6.10. The van der Waals surface area contributed by atoms with E-state index in [4.69, 9.17) is 0 Å². The molecule has 110 valence electrons. The molecular weight excluding hydrogens is 272 g/mol. The lowest BCUT2D eigenvalue weighted by Crippen LogP contribution is -2.40. The standard InChI is InChI=1S/C15H22N2O2S/c1-3-16-14(18)12-17(4-2)15(19)10-11-20-13-8-6-5-7-9-13/h5-9H,3-4,10-12H2,1-2H3,(H,16,18). The second-order valence-electron chi connectivity index (χ2n) is 4.27. The lowest BCUT2D eigenvalue weighted by molar-refractivity contribution is -0.135. The van der Waals surface area contributed by atoms with Crippen LogP contribution in [0.15, 0.2) is 35.2 Å². The maximum absolute atomic E-state index is 12.0. The summed E-state index contributed by atoms with van der Waals surface area (Å²) in [6, 6.07) is 10.00. The van der Waals surface area contributed by atoms with E-state index in [1.807, 2.05) is 44.2 Å². The van der Waals surface area contributed by atoms with E-state index in [1.54, 1.807) is 16.7 Å². The van der Waals surface area contributed by atoms with Crippen LogP contribution >= 0.6 is 11.8 Å². The highest BCUT2D eigenvalue weighted by atomic mass is 32.2. The van der Waals surface area contributed by atoms with Crippen LogP contribution in [-0.2, 0) is 9.59 Å². The Morgan fingerprint density at radius 1 is 1.20 bits per heavy atom. The maximum Gasteiger partial charge on any atom is 0.239 e. The van der Waals surface area contributed by atoms with E-state index >= 15 is 0 Å². The Hall–Kier alpha value is -1.49. The van der Waals surface area contributed by atoms with Gasteiger partial charge in [-0.2, -0.15) is 0 Å². The van der Waals surface area contributed by atoms with Gasteiger partial charge in [0.2, 0.25) is 11.8 Å². The predicted molar refractivity (Wildman–Crippen MR) is 82.7 cm³/mol. The molecule has 0 aliphatic carbocycles. The molecule has 20 heavy (non-hydrogen) atoms. The van der Waals surface area contributed by atoms with Gasteiger partial charge in [-0.25, -0.2) is 0 Å². The summed E-state index contributed by atoms with van der Waals surface area (Å²) in [4.78, 5) is 26.3. The summed E-state index contributed by atoms with van der Waals surface area (Å²) < 4.78 is 0. The molecule has 1 aromatic carbocycles. The zero-order valence-corrected chi connectivity index (χ0v) is 12.9. The fourth-order valence-electron chi connectivity index (χ4n) is 1.73. The second kappa shape index (κ2) is 9.42. The molecular formula is C15H22N2O2S. The molecule has 0 bridgehead atoms. The van der Waals surface area contributed by atoms with E-state index in [1.165, 1.54) is 0 Å². The van der Waals surface area contributed by atoms with Crippen molar-refractivity contribution in [1.82, 2.24) is 10.2 Å². The molecule has 0 aliphatic heterocycles. The van der Waals surface area contributed by atoms with Gasteiger partial charge in [-0.15, -0.1) is 11.8 Å². The number of carbonyl (C=O) groups excluding carboxylic acids is 2.